The van der Waals surface area contributed by atoms with E-state index in [0.29, 0.717) is 0 Å². The van der Waals surface area contributed by atoms with Gasteiger partial charge < -0.3 is 0 Å². The van der Waals surface area contributed by atoms with Gasteiger partial charge in [-0.05, 0) is 0 Å². The first-order chi connectivity index (χ1) is 0. The predicted molar refractivity (Wildman–Crippen MR) is 63.4 cm³/mol. The van der Waals surface area contributed by atoms with E-state index in [1.807, 2.05) is 0 Å². The molecule has 50 valence electrons. The topological polar surface area (TPSA) is 0 Å². The summed E-state index contributed by atoms with van der Waals surface area (Å²) >= 11 is 0. The predicted octanol–water partition coefficient (Wildman–Crippen LogP) is -0.198. The molecule has 0 nitrogen and oxygen atoms in total. The summed E-state index contributed by atoms with van der Waals surface area (Å²) in [5, 5.41) is 0. The van der Waals surface area contributed by atoms with Gasteiger partial charge in [-0.1, -0.05) is 0 Å². The molecule has 0 aromatic heterocycles. The van der Waals surface area contributed by atoms with Crippen molar-refractivity contribution in [3.63, 3.8) is 0 Å². The van der Waals surface area contributed by atoms with E-state index in [2.05, 4.69) is 0 Å². The van der Waals surface area contributed by atoms with Crippen LogP contribution in [0.5, 0.6) is 0 Å². The Bertz CT molecular complexity index is 6.04. The van der Waals surface area contributed by atoms with Crippen LogP contribution >= 0.6 is 67.5 Å². The summed E-state index contributed by atoms with van der Waals surface area (Å²) < 4.78 is 0. The van der Waals surface area contributed by atoms with E-state index in [9.17, 15) is 0 Å². The van der Waals surface area contributed by atoms with Crippen molar-refractivity contribution in [1.82, 2.24) is 0 Å². The summed E-state index contributed by atoms with van der Waals surface area (Å²) in [6.45, 7) is 0. The SMILES string of the molecule is S.S.S.S.S.[As].[As]. The molecule has 0 unspecified atom stereocenters. The summed E-state index contributed by atoms with van der Waals surface area (Å²) in [7, 11) is 0. The van der Waals surface area contributed by atoms with Gasteiger partial charge in [-0.3, -0.25) is 0 Å². The molecule has 0 aliphatic heterocycles. The van der Waals surface area contributed by atoms with E-state index in [1.54, 1.807) is 0 Å². The molecule has 0 atom stereocenters. The molecule has 0 bridgehead atoms. The van der Waals surface area contributed by atoms with Crippen molar-refractivity contribution < 1.29 is 0 Å². The van der Waals surface area contributed by atoms with Crippen molar-refractivity contribution in [3.8, 4) is 0 Å². The molecule has 0 rings (SSSR count). The Morgan fingerprint density at radius 1 is 0.286 bits per heavy atom. The van der Waals surface area contributed by atoms with Crippen LogP contribution in [0.25, 0.3) is 0 Å². The molecule has 0 aliphatic rings. The monoisotopic (exact) mass is 320 g/mol. The summed E-state index contributed by atoms with van der Waals surface area (Å²) in [6.07, 6.45) is 0. The van der Waals surface area contributed by atoms with Crippen molar-refractivity contribution in [2.24, 2.45) is 0 Å². The van der Waals surface area contributed by atoms with Crippen LogP contribution < -0.4 is 0 Å². The zero-order valence-electron chi connectivity index (χ0n) is 3.39. The second-order valence-electron chi connectivity index (χ2n) is 0. The van der Waals surface area contributed by atoms with Gasteiger partial charge >= 0.3 is 0 Å². The quantitative estimate of drug-likeness (QED) is 0.543. The minimum Gasteiger partial charge on any atom is -0.197 e. The minimum absolute atomic E-state index is 0. The molecule has 0 aromatic rings. The van der Waals surface area contributed by atoms with Gasteiger partial charge in [-0.15, -0.1) is 0 Å². The smallest absolute Gasteiger partial charge is 0 e. The first-order valence-electron chi connectivity index (χ1n) is 0. The van der Waals surface area contributed by atoms with Crippen molar-refractivity contribution in [2.45, 2.75) is 0 Å². The zero-order chi connectivity index (χ0) is 0. The second-order valence-corrected chi connectivity index (χ2v) is 0. The largest absolute Gasteiger partial charge is 0.197 e. The molecule has 7 heteroatoms. The average Bonchev–Trinajstić information content (AvgIpc) is 0. The molecule has 0 spiro atoms. The van der Waals surface area contributed by atoms with Crippen LogP contribution in [-0.4, -0.2) is 35.9 Å². The summed E-state index contributed by atoms with van der Waals surface area (Å²) in [6, 6.07) is 0. The Balaban J connectivity index is 0. The van der Waals surface area contributed by atoms with Crippen LogP contribution in [0.4, 0.5) is 0 Å². The van der Waals surface area contributed by atoms with Crippen LogP contribution in [-0.2, 0) is 0 Å². The molecule has 0 saturated heterocycles. The third kappa shape index (κ3) is 50.9. The summed E-state index contributed by atoms with van der Waals surface area (Å²) in [5.41, 5.74) is 0. The van der Waals surface area contributed by atoms with E-state index in [4.69, 9.17) is 0 Å². The summed E-state index contributed by atoms with van der Waals surface area (Å²) in [5.74, 6) is 0. The first-order valence-corrected chi connectivity index (χ1v) is 0. The van der Waals surface area contributed by atoms with Crippen LogP contribution in [0.15, 0.2) is 0 Å². The van der Waals surface area contributed by atoms with Gasteiger partial charge in [-0.2, -0.15) is 67.5 Å². The molecule has 0 aromatic carbocycles. The first kappa shape index (κ1) is 94.4. The third-order valence-corrected chi connectivity index (χ3v) is 0. The Morgan fingerprint density at radius 2 is 0.286 bits per heavy atom. The van der Waals surface area contributed by atoms with E-state index < -0.39 is 0 Å². The van der Waals surface area contributed by atoms with Crippen molar-refractivity contribution in [2.75, 3.05) is 0 Å². The average molecular weight is 320 g/mol. The van der Waals surface area contributed by atoms with Gasteiger partial charge in [0.1, 0.15) is 0 Å². The third-order valence-electron chi connectivity index (χ3n) is 0. The molecule has 7 heavy (non-hydrogen) atoms. The maximum Gasteiger partial charge on any atom is 0 e. The van der Waals surface area contributed by atoms with E-state index in [-0.39, 0.29) is 103 Å². The Kier molecular flexibility index (Phi) is 900. The number of rotatable bonds is 0. The van der Waals surface area contributed by atoms with Gasteiger partial charge in [0.05, 0.1) is 0 Å². The van der Waals surface area contributed by atoms with Gasteiger partial charge in [0, 0.05) is 35.9 Å². The second kappa shape index (κ2) is 66.8. The fourth-order valence-electron chi connectivity index (χ4n) is 0. The van der Waals surface area contributed by atoms with Crippen LogP contribution in [0.3, 0.4) is 0 Å². The molecule has 0 heterocycles. The minimum atomic E-state index is 0. The molecule has 0 amide bonds. The van der Waals surface area contributed by atoms with Gasteiger partial charge in [0.15, 0.2) is 0 Å². The maximum atomic E-state index is 0. The van der Waals surface area contributed by atoms with Crippen molar-refractivity contribution in [1.29, 1.82) is 0 Å². The molecule has 0 fully saturated rings. The molecule has 0 saturated carbocycles. The normalized spacial score (nSPS) is 0. The Morgan fingerprint density at radius 3 is 0.286 bits per heavy atom. The van der Waals surface area contributed by atoms with E-state index in [0.717, 1.165) is 0 Å². The van der Waals surface area contributed by atoms with Crippen LogP contribution in [0.2, 0.25) is 0 Å². The van der Waals surface area contributed by atoms with Crippen molar-refractivity contribution >= 4 is 103 Å². The number of hydrogen-bond acceptors (Lipinski definition) is 0. The van der Waals surface area contributed by atoms with E-state index >= 15 is 0 Å². The standard InChI is InChI=1S/2As.5H2S/h;;5*1H2. The fraction of sp³-hybridized carbons (Fsp3) is 0. The fourth-order valence-corrected chi connectivity index (χ4v) is 0. The summed E-state index contributed by atoms with van der Waals surface area (Å²) in [4.78, 5) is 0. The molecule has 6 radical (unpaired) electrons. The zero-order valence-corrected chi connectivity index (χ0v) is 12.1. The van der Waals surface area contributed by atoms with Gasteiger partial charge in [0.2, 0.25) is 0 Å². The Labute approximate surface area is 102 Å². The molecular weight excluding hydrogens is 310 g/mol. The number of hydrogen-bond donors (Lipinski definition) is 0. The molecule has 0 N–H and O–H groups in total. The molecular formula is H10As2S5. The van der Waals surface area contributed by atoms with E-state index in [1.165, 1.54) is 0 Å². The maximum absolute atomic E-state index is 0. The Hall–Kier alpha value is 2.87. The van der Waals surface area contributed by atoms with Crippen LogP contribution in [0.1, 0.15) is 0 Å². The van der Waals surface area contributed by atoms with Crippen LogP contribution in [0, 0.1) is 0 Å². The van der Waals surface area contributed by atoms with Crippen molar-refractivity contribution in [3.05, 3.63) is 0 Å². The van der Waals surface area contributed by atoms with Gasteiger partial charge in [0.25, 0.3) is 0 Å². The molecule has 0 aliphatic carbocycles. The van der Waals surface area contributed by atoms with Gasteiger partial charge in [-0.25, -0.2) is 0 Å².